The third-order valence-electron chi connectivity index (χ3n) is 16.7. The van der Waals surface area contributed by atoms with E-state index in [0.29, 0.717) is 96.9 Å². The Morgan fingerprint density at radius 2 is 0.696 bits per heavy atom. The van der Waals surface area contributed by atoms with Gasteiger partial charge in [-0.15, -0.1) is 0 Å². The molecule has 0 aliphatic carbocycles. The Balaban J connectivity index is 1.52. The molecule has 0 aromatic heterocycles. The van der Waals surface area contributed by atoms with Crippen molar-refractivity contribution in [2.24, 2.45) is 17.3 Å². The molecule has 606 valence electrons. The first-order chi connectivity index (χ1) is 48.6. The fourth-order valence-corrected chi connectivity index (χ4v) is 15.0. The Morgan fingerprint density at radius 1 is 0.422 bits per heavy atom. The molecule has 3 fully saturated rings. The molecule has 3 aliphatic rings. The highest BCUT2D eigenvalue weighted by Crippen LogP contribution is 2.46. The lowest BCUT2D eigenvalue weighted by Gasteiger charge is -2.42. The minimum atomic E-state index is -3.88. The van der Waals surface area contributed by atoms with Crippen molar-refractivity contribution < 1.29 is 154 Å². The summed E-state index contributed by atoms with van der Waals surface area (Å²) in [7, 11) is 1.23. The average molecular weight is 1630 g/mol. The smallest absolute Gasteiger partial charge is 0.217 e. The van der Waals surface area contributed by atoms with E-state index in [9.17, 15) is 70.0 Å². The van der Waals surface area contributed by atoms with Gasteiger partial charge < -0.3 is 162 Å². The van der Waals surface area contributed by atoms with E-state index in [0.717, 1.165) is 25.7 Å². The normalized spacial score (nSPS) is 28.6. The number of carbonyl (C=O) groups is 1. The highest BCUT2D eigenvalue weighted by Gasteiger charge is 2.46. The molecule has 0 saturated carbocycles. The number of amides is 1. The second-order valence-corrected chi connectivity index (χ2v) is 36.5. The molecule has 41 heteroatoms. The first-order valence-corrected chi connectivity index (χ1v) is 45.4. The van der Waals surface area contributed by atoms with Crippen molar-refractivity contribution in [1.82, 2.24) is 5.32 Å². The van der Waals surface area contributed by atoms with E-state index < -0.39 is 150 Å². The van der Waals surface area contributed by atoms with E-state index in [1.54, 1.807) is 13.8 Å². The number of hydrogen-bond acceptors (Lipinski definition) is 36. The molecule has 33 nitrogen and oxygen atoms in total. The second-order valence-electron chi connectivity index (χ2n) is 25.4. The molecule has 1 amide bonds. The van der Waals surface area contributed by atoms with Crippen LogP contribution in [-0.4, -0.2) is 278 Å². The largest absolute Gasteiger partial charge is 0.780 e. The van der Waals surface area contributed by atoms with Gasteiger partial charge in [0.05, 0.1) is 110 Å². The Hall–Kier alpha value is 0.800. The highest BCUT2D eigenvalue weighted by atomic mass is 32.7. The van der Waals surface area contributed by atoms with Crippen LogP contribution < -0.4 is 20.0 Å². The van der Waals surface area contributed by atoms with Crippen LogP contribution >= 0.6 is 27.0 Å². The molecule has 3 saturated heterocycles. The average Bonchev–Trinajstić information content (AvgIpc) is 0.828. The summed E-state index contributed by atoms with van der Waals surface area (Å²) in [4.78, 5) is 49.8. The summed E-state index contributed by atoms with van der Waals surface area (Å²) >= 11 is 20.3. The van der Waals surface area contributed by atoms with Crippen LogP contribution in [0.25, 0.3) is 0 Å². The van der Waals surface area contributed by atoms with Crippen molar-refractivity contribution in [2.75, 3.05) is 146 Å². The molecule has 3 rings (SSSR count). The van der Waals surface area contributed by atoms with E-state index in [1.807, 2.05) is 0 Å². The minimum absolute atomic E-state index is 0.0377. The summed E-state index contributed by atoms with van der Waals surface area (Å²) < 4.78 is 115. The predicted molar refractivity (Wildman–Crippen MR) is 377 cm³/mol. The summed E-state index contributed by atoms with van der Waals surface area (Å²) in [5.41, 5.74) is -0.948. The molecular weight excluding hydrogens is 1510 g/mol. The number of carbonyl (C=O) groups excluding carboxylic acids is 1. The molecule has 102 heavy (non-hydrogen) atoms. The number of nitrogens with one attached hydrogen (secondary N) is 1. The lowest BCUT2D eigenvalue weighted by atomic mass is 9.92. The molecule has 0 spiro atoms. The minimum Gasteiger partial charge on any atom is -0.780 e. The first-order valence-electron chi connectivity index (χ1n) is 35.2. The predicted octanol–water partition coefficient (Wildman–Crippen LogP) is 1.77. The standard InChI is InChI=1S/C61H121NO32P4S4/c1-45-52(67)54(69)48(38-63)92-58(45)82-28-14-6-10-18-32-86-96(74,100)89-35-21-25-79-42-61(41-78-24-13-5-9-17-31-85-95(73,99)77-4,43-80-26-22-36-90-97(75,101)87-33-19-11-7-15-29-83-59-46(2)53(68)55(70)49(39-64)93-59)44-81-27-23-37-91-98(76,102)88-34-20-12-8-16-30-84-60-51(62-47(3)66)57(72)56(71)50(40-65)94-60/h45-46,48-60,63-65,67-72H,5-44H2,1-4H3,(H,62,66)(H,73,99)(H,74,100)(H,75,101)(H,76,102)/p-4/t45?,46?,48?,49?,50?,51?,52-,53-,54+,55+,56+,57-,58-,59-,60-,61?,95?,96?,97?,98?/m1/s1. The lowest BCUT2D eigenvalue weighted by Crippen LogP contribution is -2.64. The lowest BCUT2D eigenvalue weighted by molar-refractivity contribution is -0.282. The summed E-state index contributed by atoms with van der Waals surface area (Å²) in [6, 6.07) is -1.05. The Labute approximate surface area is 621 Å². The summed E-state index contributed by atoms with van der Waals surface area (Å²) in [6.45, 7) is -9.94. The zero-order chi connectivity index (χ0) is 75.5. The molecule has 0 aromatic rings. The van der Waals surface area contributed by atoms with Gasteiger partial charge in [-0.25, -0.2) is 0 Å². The molecular formula is C61H117NO32P4S4-4. The maximum absolute atomic E-state index is 13.1. The van der Waals surface area contributed by atoms with Crippen LogP contribution in [-0.2, 0) is 141 Å². The van der Waals surface area contributed by atoms with Gasteiger partial charge in [-0.2, -0.15) is 0 Å². The number of rotatable bonds is 63. The fourth-order valence-electron chi connectivity index (χ4n) is 10.7. The SMILES string of the molecule is COP([O-])(=S)OCCCCCCOCC(COCCCOP(=O)([S-])OCCCCCCO[C@@H]1OC(CO)[C@H](O)[C@H](O)C1C)(COCCCOP([O-])(=S)OCCCCCCO[C@@H]1OC(CO)[C@H](O)[C@H](O)C1C)COCCCOP([O-])(=S)OCCCCCCO[C@@H]1OC(CO)[C@H](O)[C@H](O)C1NC(C)=O. The second kappa shape index (κ2) is 54.5. The van der Waals surface area contributed by atoms with E-state index in [2.05, 4.69) is 5.32 Å². The maximum atomic E-state index is 13.1. The zero-order valence-electron chi connectivity index (χ0n) is 59.3. The Morgan fingerprint density at radius 3 is 1.04 bits per heavy atom. The molecule has 11 unspecified atom stereocenters. The van der Waals surface area contributed by atoms with Gasteiger partial charge in [-0.05, 0) is 70.6 Å². The Bertz CT molecular complexity index is 2300. The van der Waals surface area contributed by atoms with Gasteiger partial charge in [0, 0.05) is 72.1 Å². The van der Waals surface area contributed by atoms with Crippen molar-refractivity contribution in [3.8, 4) is 0 Å². The van der Waals surface area contributed by atoms with Crippen molar-refractivity contribution in [3.05, 3.63) is 0 Å². The summed E-state index contributed by atoms with van der Waals surface area (Å²) in [6.07, 6.45) is -2.01. The van der Waals surface area contributed by atoms with Crippen LogP contribution in [0.1, 0.15) is 143 Å². The van der Waals surface area contributed by atoms with Gasteiger partial charge in [0.1, 0.15) is 68.9 Å². The van der Waals surface area contributed by atoms with Crippen LogP contribution in [0.2, 0.25) is 0 Å². The van der Waals surface area contributed by atoms with Gasteiger partial charge in [-0.1, -0.05) is 101 Å². The van der Waals surface area contributed by atoms with Crippen LogP contribution in [0.4, 0.5) is 0 Å². The number of ether oxygens (including phenoxy) is 10. The quantitative estimate of drug-likeness (QED) is 0.0236. The van der Waals surface area contributed by atoms with Crippen molar-refractivity contribution >= 4 is 80.5 Å². The van der Waals surface area contributed by atoms with Crippen LogP contribution in [0, 0.1) is 17.3 Å². The molecule has 3 aliphatic heterocycles. The van der Waals surface area contributed by atoms with Gasteiger partial charge >= 0.3 is 0 Å². The van der Waals surface area contributed by atoms with Gasteiger partial charge in [0.2, 0.25) is 5.91 Å². The van der Waals surface area contributed by atoms with Gasteiger partial charge in [-0.3, -0.25) is 9.36 Å². The van der Waals surface area contributed by atoms with E-state index in [-0.39, 0.29) is 118 Å². The zero-order valence-corrected chi connectivity index (χ0v) is 66.1. The van der Waals surface area contributed by atoms with Gasteiger partial charge in [0.15, 0.2) is 25.7 Å². The van der Waals surface area contributed by atoms with Crippen molar-refractivity contribution in [2.45, 2.75) is 223 Å². The number of hydrogen-bond donors (Lipinski definition) is 10. The monoisotopic (exact) mass is 1630 g/mol. The molecule has 10 N–H and O–H groups in total. The summed E-state index contributed by atoms with van der Waals surface area (Å²) in [5, 5.41) is 92.6. The van der Waals surface area contributed by atoms with Crippen molar-refractivity contribution in [3.63, 3.8) is 0 Å². The Kier molecular flexibility index (Phi) is 51.8. The third-order valence-corrected chi connectivity index (χ3v) is 23.3. The number of aliphatic hydroxyl groups is 9. The highest BCUT2D eigenvalue weighted by molar-refractivity contribution is 8.32. The van der Waals surface area contributed by atoms with E-state index in [4.69, 9.17) is 131 Å². The summed E-state index contributed by atoms with van der Waals surface area (Å²) in [5.74, 6) is -1.46. The molecule has 0 radical (unpaired) electrons. The fraction of sp³-hybridized carbons (Fsp3) is 0.984. The topological polar surface area (TPSA) is 464 Å². The van der Waals surface area contributed by atoms with E-state index in [1.165, 1.54) is 14.0 Å². The number of aliphatic hydroxyl groups excluding tert-OH is 9. The van der Waals surface area contributed by atoms with Crippen molar-refractivity contribution in [1.29, 1.82) is 0 Å². The van der Waals surface area contributed by atoms with Crippen LogP contribution in [0.15, 0.2) is 0 Å². The van der Waals surface area contributed by atoms with Crippen LogP contribution in [0.5, 0.6) is 0 Å². The maximum Gasteiger partial charge on any atom is 0.217 e. The molecule has 20 atom stereocenters. The van der Waals surface area contributed by atoms with E-state index >= 15 is 0 Å². The molecule has 3 heterocycles. The number of unbranched alkanes of at least 4 members (excludes halogenated alkanes) is 12. The van der Waals surface area contributed by atoms with Gasteiger partial charge in [0.25, 0.3) is 0 Å². The molecule has 0 aromatic carbocycles. The molecule has 0 bridgehead atoms. The third kappa shape index (κ3) is 40.8. The first kappa shape index (κ1) is 97.0. The van der Waals surface area contributed by atoms with Crippen LogP contribution in [0.3, 0.4) is 0 Å².